The predicted molar refractivity (Wildman–Crippen MR) is 193 cm³/mol. The highest BCUT2D eigenvalue weighted by Crippen LogP contribution is 2.21. The van der Waals surface area contributed by atoms with Crippen molar-refractivity contribution in [3.63, 3.8) is 0 Å². The number of unbranched alkanes of at least 4 members (excludes halogenated alkanes) is 3. The number of ether oxygens (including phenoxy) is 4. The van der Waals surface area contributed by atoms with Crippen LogP contribution in [0.15, 0.2) is 0 Å². The van der Waals surface area contributed by atoms with Gasteiger partial charge in [-0.3, -0.25) is 24.1 Å². The van der Waals surface area contributed by atoms with Gasteiger partial charge in [0.15, 0.2) is 12.6 Å². The van der Waals surface area contributed by atoms with E-state index in [0.717, 1.165) is 32.0 Å². The molecular formula is C34H66N6O13. The van der Waals surface area contributed by atoms with Crippen LogP contribution in [0.2, 0.25) is 0 Å². The molecule has 2 aliphatic rings. The van der Waals surface area contributed by atoms with Crippen LogP contribution in [-0.4, -0.2) is 179 Å². The maximum absolute atomic E-state index is 12.6. The van der Waals surface area contributed by atoms with Gasteiger partial charge in [-0.15, -0.1) is 0 Å². The van der Waals surface area contributed by atoms with Gasteiger partial charge in [0.1, 0.15) is 18.5 Å². The van der Waals surface area contributed by atoms with E-state index < -0.39 is 48.8 Å². The normalized spacial score (nSPS) is 22.3. The van der Waals surface area contributed by atoms with Crippen molar-refractivity contribution in [2.75, 3.05) is 86.8 Å². The Morgan fingerprint density at radius 3 is 1.87 bits per heavy atom. The van der Waals surface area contributed by atoms with Crippen molar-refractivity contribution in [2.24, 2.45) is 0 Å². The Labute approximate surface area is 313 Å². The molecule has 0 spiro atoms. The molecule has 2 fully saturated rings. The molecule has 19 heteroatoms. The lowest BCUT2D eigenvalue weighted by Gasteiger charge is -2.36. The van der Waals surface area contributed by atoms with E-state index in [0.29, 0.717) is 38.8 Å². The van der Waals surface area contributed by atoms with Gasteiger partial charge in [-0.1, -0.05) is 13.3 Å². The second-order valence-electron chi connectivity index (χ2n) is 12.4. The van der Waals surface area contributed by atoms with Gasteiger partial charge < -0.3 is 70.8 Å². The zero-order valence-electron chi connectivity index (χ0n) is 31.9. The summed E-state index contributed by atoms with van der Waals surface area (Å²) in [4.78, 5) is 59.7. The fourth-order valence-electron chi connectivity index (χ4n) is 4.85. The number of nitrogens with one attached hydrogen (secondary N) is 5. The average molecular weight is 767 g/mol. The summed E-state index contributed by atoms with van der Waals surface area (Å²) in [5.74, 6) is -1.16. The first kappa shape index (κ1) is 50.1. The number of hydrogen-bond donors (Lipinski definition) is 9. The van der Waals surface area contributed by atoms with E-state index in [-0.39, 0.29) is 70.8 Å². The summed E-state index contributed by atoms with van der Waals surface area (Å²) < 4.78 is 21.6. The topological polar surface area (TPSA) is 267 Å². The van der Waals surface area contributed by atoms with Crippen LogP contribution < -0.4 is 26.6 Å². The van der Waals surface area contributed by atoms with Crippen LogP contribution in [0.1, 0.15) is 64.7 Å². The maximum Gasteiger partial charge on any atom is 0.234 e. The minimum Gasteiger partial charge on any atom is -0.394 e. The first-order valence-corrected chi connectivity index (χ1v) is 18.4. The summed E-state index contributed by atoms with van der Waals surface area (Å²) in [7, 11) is 5.40. The van der Waals surface area contributed by atoms with E-state index in [4.69, 9.17) is 18.9 Å². The van der Waals surface area contributed by atoms with Crippen LogP contribution >= 0.6 is 0 Å². The number of carbonyl (C=O) groups excluding carboxylic acids is 5. The number of amides is 4. The third-order valence-corrected chi connectivity index (χ3v) is 7.54. The minimum absolute atomic E-state index is 0.0186. The quantitative estimate of drug-likeness (QED) is 0.0374. The van der Waals surface area contributed by atoms with Gasteiger partial charge in [0.2, 0.25) is 23.6 Å². The number of aliphatic hydroxyl groups is 4. The van der Waals surface area contributed by atoms with Crippen molar-refractivity contribution in [1.29, 1.82) is 0 Å². The lowest BCUT2D eigenvalue weighted by Crippen LogP contribution is -2.51. The Bertz CT molecular complexity index is 999. The maximum atomic E-state index is 12.6. The van der Waals surface area contributed by atoms with E-state index in [1.165, 1.54) is 4.90 Å². The van der Waals surface area contributed by atoms with Crippen molar-refractivity contribution < 1.29 is 63.3 Å². The van der Waals surface area contributed by atoms with Gasteiger partial charge in [0, 0.05) is 52.6 Å². The monoisotopic (exact) mass is 766 g/mol. The van der Waals surface area contributed by atoms with Gasteiger partial charge in [0.25, 0.3) is 0 Å². The molecular weight excluding hydrogens is 700 g/mol. The molecule has 2 aliphatic heterocycles. The van der Waals surface area contributed by atoms with Gasteiger partial charge in [-0.2, -0.15) is 0 Å². The summed E-state index contributed by atoms with van der Waals surface area (Å²) in [6.45, 7) is 1.98. The fourth-order valence-corrected chi connectivity index (χ4v) is 4.85. The number of aldehydes is 1. The molecule has 4 amide bonds. The molecule has 19 nitrogen and oxygen atoms in total. The molecule has 0 aromatic carbocycles. The van der Waals surface area contributed by atoms with Crippen molar-refractivity contribution in [3.8, 4) is 0 Å². The van der Waals surface area contributed by atoms with Gasteiger partial charge in [-0.25, -0.2) is 0 Å². The van der Waals surface area contributed by atoms with E-state index in [1.807, 2.05) is 21.0 Å². The summed E-state index contributed by atoms with van der Waals surface area (Å²) in [5, 5.41) is 52.3. The van der Waals surface area contributed by atoms with E-state index in [2.05, 4.69) is 26.6 Å². The zero-order valence-corrected chi connectivity index (χ0v) is 31.9. The average Bonchev–Trinajstić information content (AvgIpc) is 3.13. The summed E-state index contributed by atoms with van der Waals surface area (Å²) in [6.07, 6.45) is 0.745. The minimum atomic E-state index is -1.30. The molecule has 0 aliphatic carbocycles. The second kappa shape index (κ2) is 32.6. The number of aliphatic hydroxyl groups excluding tert-OH is 4. The Morgan fingerprint density at radius 2 is 1.38 bits per heavy atom. The van der Waals surface area contributed by atoms with E-state index in [9.17, 15) is 44.4 Å². The van der Waals surface area contributed by atoms with Gasteiger partial charge in [0.05, 0.1) is 51.7 Å². The highest BCUT2D eigenvalue weighted by Gasteiger charge is 2.37. The number of nitrogens with zero attached hydrogens (tertiary/aromatic N) is 1. The van der Waals surface area contributed by atoms with Crippen LogP contribution in [0.3, 0.4) is 0 Å². The first-order valence-electron chi connectivity index (χ1n) is 18.4. The molecule has 0 bridgehead atoms. The zero-order chi connectivity index (χ0) is 39.9. The second-order valence-corrected chi connectivity index (χ2v) is 12.4. The fraction of sp³-hybridized carbons (Fsp3) is 0.853. The largest absolute Gasteiger partial charge is 0.394 e. The summed E-state index contributed by atoms with van der Waals surface area (Å²) in [5.41, 5.74) is 0. The standard InChI is InChI=1S/C27H48N4O12.C5H11NO.C2H7N/c32-10-4-2-1-3-7-28-22(36)15-31(16-23(37)29-8-12-41-26-20(34)6-5-11-40-26)17-24(38)30-9-13-42-27-25(39)21(35)14-19(18-33)43-27;1-3-4-5(7)6-2;1-3-2/h10,19-21,25-27,33-35,39H,1-9,11-18H2,(H,28,36)(H,29,37)(H,30,38);3-4H2,1-2H3,(H,6,7);3H,1-2H3. The van der Waals surface area contributed by atoms with Crippen LogP contribution in [0, 0.1) is 0 Å². The number of carbonyl (C=O) groups is 5. The lowest BCUT2D eigenvalue weighted by atomic mass is 10.0. The smallest absolute Gasteiger partial charge is 0.234 e. The molecule has 0 aromatic heterocycles. The molecule has 9 N–H and O–H groups in total. The molecule has 2 rings (SSSR count). The Hall–Kier alpha value is -2.85. The Balaban J connectivity index is 0.00000238. The van der Waals surface area contributed by atoms with Crippen LogP contribution in [-0.2, 0) is 42.9 Å². The van der Waals surface area contributed by atoms with E-state index in [1.54, 1.807) is 7.05 Å². The molecule has 53 heavy (non-hydrogen) atoms. The van der Waals surface area contributed by atoms with Gasteiger partial charge >= 0.3 is 0 Å². The van der Waals surface area contributed by atoms with Crippen LogP contribution in [0.4, 0.5) is 0 Å². The van der Waals surface area contributed by atoms with Gasteiger partial charge in [-0.05, 0) is 46.2 Å². The molecule has 310 valence electrons. The molecule has 6 unspecified atom stereocenters. The summed E-state index contributed by atoms with van der Waals surface area (Å²) >= 11 is 0. The molecule has 6 atom stereocenters. The Morgan fingerprint density at radius 1 is 0.811 bits per heavy atom. The molecule has 2 heterocycles. The molecule has 0 aromatic rings. The number of hydrogen-bond acceptors (Lipinski definition) is 15. The predicted octanol–water partition coefficient (Wildman–Crippen LogP) is -2.88. The number of rotatable bonds is 23. The highest BCUT2D eigenvalue weighted by molar-refractivity contribution is 5.84. The summed E-state index contributed by atoms with van der Waals surface area (Å²) in [6, 6.07) is 0. The SMILES string of the molecule is CCCC(=O)NC.CNC.O=CCCCCCNC(=O)CN(CC(=O)NCCOC1OCCCC1O)CC(=O)NCCOC1OC(CO)CC(O)C1O. The third-order valence-electron chi connectivity index (χ3n) is 7.54. The van der Waals surface area contributed by atoms with Crippen molar-refractivity contribution >= 4 is 29.9 Å². The van der Waals surface area contributed by atoms with Crippen LogP contribution in [0.25, 0.3) is 0 Å². The molecule has 0 saturated carbocycles. The van der Waals surface area contributed by atoms with E-state index >= 15 is 0 Å². The lowest BCUT2D eigenvalue weighted by molar-refractivity contribution is -0.270. The molecule has 0 radical (unpaired) electrons. The first-order chi connectivity index (χ1) is 25.4. The van der Waals surface area contributed by atoms with Crippen molar-refractivity contribution in [1.82, 2.24) is 31.5 Å². The van der Waals surface area contributed by atoms with Crippen LogP contribution in [0.5, 0.6) is 0 Å². The van der Waals surface area contributed by atoms with Crippen molar-refractivity contribution in [3.05, 3.63) is 0 Å². The van der Waals surface area contributed by atoms with Crippen molar-refractivity contribution in [2.45, 2.75) is 102 Å². The molecule has 2 saturated heterocycles. The highest BCUT2D eigenvalue weighted by atomic mass is 16.7. The third kappa shape index (κ3) is 25.7. The Kier molecular flexibility index (Phi) is 30.8.